The van der Waals surface area contributed by atoms with Gasteiger partial charge in [-0.3, -0.25) is 9.78 Å². The maximum absolute atomic E-state index is 12.9. The highest BCUT2D eigenvalue weighted by molar-refractivity contribution is 6.33. The number of pyridine rings is 1. The Hall–Kier alpha value is -2.92. The van der Waals surface area contributed by atoms with Crippen molar-refractivity contribution in [3.8, 4) is 0 Å². The molecule has 0 saturated carbocycles. The molecule has 1 amide bonds. The zero-order valence-corrected chi connectivity index (χ0v) is 14.6. The standard InChI is InChI=1S/C20H17ClFN3O/c21-17-3-1-2-4-18(17)25-20(26)19-13-16(10-12-24-19)23-11-9-14-5-7-15(22)8-6-14/h1-8,10,12-13H,9,11H2,(H,23,24)(H,25,26). The lowest BCUT2D eigenvalue weighted by atomic mass is 10.1. The molecule has 2 aromatic carbocycles. The van der Waals surface area contributed by atoms with Crippen LogP contribution in [-0.2, 0) is 6.42 Å². The summed E-state index contributed by atoms with van der Waals surface area (Å²) in [7, 11) is 0. The molecule has 0 aliphatic carbocycles. The molecule has 4 nitrogen and oxygen atoms in total. The van der Waals surface area contributed by atoms with Gasteiger partial charge in [0.05, 0.1) is 10.7 Å². The maximum Gasteiger partial charge on any atom is 0.274 e. The van der Waals surface area contributed by atoms with Crippen LogP contribution in [0.4, 0.5) is 15.8 Å². The van der Waals surface area contributed by atoms with Crippen LogP contribution in [0.5, 0.6) is 0 Å². The SMILES string of the molecule is O=C(Nc1ccccc1Cl)c1cc(NCCc2ccc(F)cc2)ccn1. The monoisotopic (exact) mass is 369 g/mol. The van der Waals surface area contributed by atoms with E-state index in [4.69, 9.17) is 11.6 Å². The molecule has 0 atom stereocenters. The Labute approximate surface area is 156 Å². The molecule has 0 spiro atoms. The van der Waals surface area contributed by atoms with Gasteiger partial charge in [-0.15, -0.1) is 0 Å². The van der Waals surface area contributed by atoms with E-state index in [1.165, 1.54) is 12.1 Å². The number of rotatable bonds is 6. The molecule has 132 valence electrons. The number of hydrogen-bond acceptors (Lipinski definition) is 3. The van der Waals surface area contributed by atoms with Gasteiger partial charge in [-0.2, -0.15) is 0 Å². The summed E-state index contributed by atoms with van der Waals surface area (Å²) in [5.74, 6) is -0.578. The van der Waals surface area contributed by atoms with Crippen molar-refractivity contribution in [2.45, 2.75) is 6.42 Å². The lowest BCUT2D eigenvalue weighted by molar-refractivity contribution is 0.102. The second-order valence-electron chi connectivity index (χ2n) is 5.67. The topological polar surface area (TPSA) is 54.0 Å². The number of nitrogens with one attached hydrogen (secondary N) is 2. The zero-order valence-electron chi connectivity index (χ0n) is 13.9. The smallest absolute Gasteiger partial charge is 0.274 e. The van der Waals surface area contributed by atoms with E-state index in [1.54, 1.807) is 54.7 Å². The number of amides is 1. The Morgan fingerprint density at radius 2 is 1.85 bits per heavy atom. The number of aromatic nitrogens is 1. The minimum Gasteiger partial charge on any atom is -0.385 e. The van der Waals surface area contributed by atoms with Crippen molar-refractivity contribution < 1.29 is 9.18 Å². The normalized spacial score (nSPS) is 10.4. The largest absolute Gasteiger partial charge is 0.385 e. The first-order valence-corrected chi connectivity index (χ1v) is 8.50. The average Bonchev–Trinajstić information content (AvgIpc) is 2.65. The van der Waals surface area contributed by atoms with Crippen LogP contribution in [0.3, 0.4) is 0 Å². The number of hydrogen-bond donors (Lipinski definition) is 2. The predicted molar refractivity (Wildman–Crippen MR) is 102 cm³/mol. The molecule has 0 fully saturated rings. The fourth-order valence-corrected chi connectivity index (χ4v) is 2.60. The molecular weight excluding hydrogens is 353 g/mol. The molecule has 0 bridgehead atoms. The summed E-state index contributed by atoms with van der Waals surface area (Å²) in [5.41, 5.74) is 2.64. The third-order valence-corrected chi connectivity index (χ3v) is 4.10. The van der Waals surface area contributed by atoms with Crippen LogP contribution in [0, 0.1) is 5.82 Å². The Morgan fingerprint density at radius 3 is 2.62 bits per heavy atom. The molecule has 0 aliphatic heterocycles. The Bertz CT molecular complexity index is 900. The first kappa shape index (κ1) is 17.9. The van der Waals surface area contributed by atoms with E-state index in [-0.39, 0.29) is 17.4 Å². The van der Waals surface area contributed by atoms with E-state index in [1.807, 2.05) is 0 Å². The molecule has 6 heteroatoms. The molecule has 0 radical (unpaired) electrons. The number of nitrogens with zero attached hydrogens (tertiary/aromatic N) is 1. The number of halogens is 2. The van der Waals surface area contributed by atoms with Gasteiger partial charge in [-0.25, -0.2) is 4.39 Å². The second kappa shape index (κ2) is 8.45. The molecule has 0 aliphatic rings. The third-order valence-electron chi connectivity index (χ3n) is 3.77. The van der Waals surface area contributed by atoms with Gasteiger partial charge in [-0.05, 0) is 48.4 Å². The van der Waals surface area contributed by atoms with E-state index in [9.17, 15) is 9.18 Å². The fourth-order valence-electron chi connectivity index (χ4n) is 2.42. The van der Waals surface area contributed by atoms with E-state index in [0.29, 0.717) is 17.3 Å². The predicted octanol–water partition coefficient (Wildman–Crippen LogP) is 4.78. The van der Waals surface area contributed by atoms with E-state index in [0.717, 1.165) is 17.7 Å². The van der Waals surface area contributed by atoms with Crippen LogP contribution >= 0.6 is 11.6 Å². The van der Waals surface area contributed by atoms with Crippen molar-refractivity contribution in [3.05, 3.63) is 89.0 Å². The van der Waals surface area contributed by atoms with Gasteiger partial charge in [0.15, 0.2) is 0 Å². The van der Waals surface area contributed by atoms with Crippen molar-refractivity contribution in [2.24, 2.45) is 0 Å². The second-order valence-corrected chi connectivity index (χ2v) is 6.07. The summed E-state index contributed by atoms with van der Waals surface area (Å²) in [4.78, 5) is 16.5. The van der Waals surface area contributed by atoms with Gasteiger partial charge in [-0.1, -0.05) is 35.9 Å². The molecule has 26 heavy (non-hydrogen) atoms. The van der Waals surface area contributed by atoms with Gasteiger partial charge < -0.3 is 10.6 Å². The molecule has 2 N–H and O–H groups in total. The van der Waals surface area contributed by atoms with E-state index in [2.05, 4.69) is 15.6 Å². The fraction of sp³-hybridized carbons (Fsp3) is 0.100. The number of benzene rings is 2. The molecular formula is C20H17ClFN3O. The minimum atomic E-state index is -0.333. The van der Waals surface area contributed by atoms with Crippen LogP contribution in [0.25, 0.3) is 0 Å². The quantitative estimate of drug-likeness (QED) is 0.657. The molecule has 1 heterocycles. The number of carbonyl (C=O) groups excluding carboxylic acids is 1. The molecule has 3 aromatic rings. The lowest BCUT2D eigenvalue weighted by Gasteiger charge is -2.09. The maximum atomic E-state index is 12.9. The number of para-hydroxylation sites is 1. The summed E-state index contributed by atoms with van der Waals surface area (Å²) in [6, 6.07) is 16.9. The molecule has 3 rings (SSSR count). The summed E-state index contributed by atoms with van der Waals surface area (Å²) >= 11 is 6.05. The van der Waals surface area contributed by atoms with Gasteiger partial charge in [0, 0.05) is 18.4 Å². The minimum absolute atomic E-state index is 0.245. The Morgan fingerprint density at radius 1 is 1.08 bits per heavy atom. The highest BCUT2D eigenvalue weighted by Gasteiger charge is 2.10. The van der Waals surface area contributed by atoms with Crippen LogP contribution in [0.1, 0.15) is 16.1 Å². The third kappa shape index (κ3) is 4.80. The van der Waals surface area contributed by atoms with Crippen LogP contribution < -0.4 is 10.6 Å². The van der Waals surface area contributed by atoms with Gasteiger partial charge in [0.2, 0.25) is 0 Å². The zero-order chi connectivity index (χ0) is 18.4. The number of carbonyl (C=O) groups is 1. The highest BCUT2D eigenvalue weighted by Crippen LogP contribution is 2.21. The van der Waals surface area contributed by atoms with Crippen molar-refractivity contribution in [3.63, 3.8) is 0 Å². The summed E-state index contributed by atoms with van der Waals surface area (Å²) in [5, 5.41) is 6.45. The van der Waals surface area contributed by atoms with Gasteiger partial charge in [0.25, 0.3) is 5.91 Å². The lowest BCUT2D eigenvalue weighted by Crippen LogP contribution is -2.14. The molecule has 1 aromatic heterocycles. The van der Waals surface area contributed by atoms with Crippen LogP contribution in [0.15, 0.2) is 66.9 Å². The van der Waals surface area contributed by atoms with Crippen molar-refractivity contribution in [1.82, 2.24) is 4.98 Å². The van der Waals surface area contributed by atoms with E-state index >= 15 is 0 Å². The Kier molecular flexibility index (Phi) is 5.81. The Balaban J connectivity index is 1.59. The number of anilines is 2. The van der Waals surface area contributed by atoms with Gasteiger partial charge in [0.1, 0.15) is 11.5 Å². The first-order valence-electron chi connectivity index (χ1n) is 8.12. The first-order chi connectivity index (χ1) is 12.6. The van der Waals surface area contributed by atoms with Crippen LogP contribution in [0.2, 0.25) is 5.02 Å². The summed E-state index contributed by atoms with van der Waals surface area (Å²) < 4.78 is 12.9. The molecule has 0 unspecified atom stereocenters. The average molecular weight is 370 g/mol. The highest BCUT2D eigenvalue weighted by atomic mass is 35.5. The van der Waals surface area contributed by atoms with Crippen molar-refractivity contribution in [2.75, 3.05) is 17.2 Å². The van der Waals surface area contributed by atoms with E-state index < -0.39 is 0 Å². The van der Waals surface area contributed by atoms with Gasteiger partial charge >= 0.3 is 0 Å². The van der Waals surface area contributed by atoms with Crippen LogP contribution in [-0.4, -0.2) is 17.4 Å². The summed E-state index contributed by atoms with van der Waals surface area (Å²) in [6.07, 6.45) is 2.31. The van der Waals surface area contributed by atoms with Crippen molar-refractivity contribution in [1.29, 1.82) is 0 Å². The molecule has 0 saturated heterocycles. The van der Waals surface area contributed by atoms with Crippen molar-refractivity contribution >= 4 is 28.9 Å². The summed E-state index contributed by atoms with van der Waals surface area (Å²) in [6.45, 7) is 0.654.